The van der Waals surface area contributed by atoms with E-state index in [0.29, 0.717) is 46.1 Å². The first-order valence-electron chi connectivity index (χ1n) is 11.7. The summed E-state index contributed by atoms with van der Waals surface area (Å²) in [7, 11) is 0. The summed E-state index contributed by atoms with van der Waals surface area (Å²) in [6.07, 6.45) is 3.76. The number of halogens is 1. The van der Waals surface area contributed by atoms with E-state index in [4.69, 9.17) is 17.3 Å². The second kappa shape index (κ2) is 9.14. The predicted molar refractivity (Wildman–Crippen MR) is 144 cm³/mol. The van der Waals surface area contributed by atoms with Crippen LogP contribution in [0.2, 0.25) is 5.02 Å². The zero-order valence-electron chi connectivity index (χ0n) is 20.1. The highest BCUT2D eigenvalue weighted by atomic mass is 35.5. The van der Waals surface area contributed by atoms with Crippen molar-refractivity contribution in [3.05, 3.63) is 99.2 Å². The van der Waals surface area contributed by atoms with E-state index in [0.717, 1.165) is 11.1 Å². The Hall–Kier alpha value is -5.01. The number of nitrogens with one attached hydrogen (secondary N) is 1. The van der Waals surface area contributed by atoms with Gasteiger partial charge in [-0.3, -0.25) is 9.69 Å². The number of pyridine rings is 1. The molecule has 1 aliphatic rings. The number of amides is 1. The number of nitrogens with two attached hydrogens (primary N) is 1. The maximum Gasteiger partial charge on any atom is 0.355 e. The van der Waals surface area contributed by atoms with Crippen molar-refractivity contribution in [2.45, 2.75) is 13.3 Å². The number of aromatic nitrogens is 5. The van der Waals surface area contributed by atoms with E-state index in [9.17, 15) is 9.59 Å². The molecule has 0 unspecified atom stereocenters. The van der Waals surface area contributed by atoms with Gasteiger partial charge in [-0.1, -0.05) is 35.9 Å². The smallest absolute Gasteiger partial charge is 0.355 e. The molecule has 4 heterocycles. The number of carbonyl (C=O) groups is 1. The van der Waals surface area contributed by atoms with Gasteiger partial charge in [0.1, 0.15) is 11.6 Å². The number of rotatable bonds is 4. The molecule has 3 aromatic heterocycles. The highest BCUT2D eigenvalue weighted by Gasteiger charge is 2.26. The molecular weight excluding hydrogens is 504 g/mol. The minimum atomic E-state index is -0.611. The Morgan fingerprint density at radius 1 is 1.08 bits per heavy atom. The third kappa shape index (κ3) is 3.95. The van der Waals surface area contributed by atoms with Crippen LogP contribution in [0, 0.1) is 19.1 Å². The minimum absolute atomic E-state index is 0.132. The van der Waals surface area contributed by atoms with Crippen LogP contribution >= 0.6 is 11.6 Å². The van der Waals surface area contributed by atoms with Crippen molar-refractivity contribution >= 4 is 51.8 Å². The first-order chi connectivity index (χ1) is 18.4. The number of nitrogen functional groups attached to an aromatic ring is 1. The quantitative estimate of drug-likeness (QED) is 0.365. The molecule has 38 heavy (non-hydrogen) atoms. The number of hydrogen-bond donors (Lipinski definition) is 2. The summed E-state index contributed by atoms with van der Waals surface area (Å²) in [5, 5.41) is 3.82. The fourth-order valence-corrected chi connectivity index (χ4v) is 4.76. The summed E-state index contributed by atoms with van der Waals surface area (Å²) >= 11 is 6.36. The predicted octanol–water partition coefficient (Wildman–Crippen LogP) is 3.66. The van der Waals surface area contributed by atoms with Gasteiger partial charge >= 0.3 is 5.69 Å². The Bertz CT molecular complexity index is 1770. The molecule has 2 aromatic carbocycles. The number of hydrogen-bond acceptors (Lipinski definition) is 8. The summed E-state index contributed by atoms with van der Waals surface area (Å²) in [6.45, 7) is 2.32. The molecule has 0 fully saturated rings. The Labute approximate surface area is 221 Å². The van der Waals surface area contributed by atoms with Crippen LogP contribution in [0.4, 0.5) is 23.3 Å². The van der Waals surface area contributed by atoms with Crippen LogP contribution in [-0.4, -0.2) is 37.0 Å². The Kier molecular flexibility index (Phi) is 5.62. The van der Waals surface area contributed by atoms with Crippen molar-refractivity contribution in [3.8, 4) is 5.69 Å². The Morgan fingerprint density at radius 2 is 1.95 bits per heavy atom. The molecule has 1 amide bonds. The van der Waals surface area contributed by atoms with E-state index in [-0.39, 0.29) is 23.3 Å². The number of benzene rings is 1. The molecule has 0 saturated carbocycles. The van der Waals surface area contributed by atoms with E-state index < -0.39 is 5.69 Å². The molecule has 11 heteroatoms. The monoisotopic (exact) mass is 522 g/mol. The molecule has 0 radical (unpaired) electrons. The van der Waals surface area contributed by atoms with Crippen LogP contribution < -0.4 is 21.6 Å². The lowest BCUT2D eigenvalue weighted by Gasteiger charge is -2.26. The number of anilines is 4. The molecule has 0 aliphatic carbocycles. The highest BCUT2D eigenvalue weighted by molar-refractivity contribution is 6.32. The molecule has 10 nitrogen and oxygen atoms in total. The van der Waals surface area contributed by atoms with Gasteiger partial charge in [0.25, 0.3) is 5.91 Å². The SMILES string of the molecule is Cc1cccc(Cl)c1-n1c(N)c2cnc(Nc3c#cc4c(c3)CCN(c3ccccn3)C4=O)nc2nc1=O. The molecular formula is C27H19ClN8O2. The molecule has 0 saturated heterocycles. The van der Waals surface area contributed by atoms with Gasteiger partial charge in [-0.25, -0.2) is 19.3 Å². The van der Waals surface area contributed by atoms with Gasteiger partial charge in [0.2, 0.25) is 5.95 Å². The molecule has 0 atom stereocenters. The summed E-state index contributed by atoms with van der Waals surface area (Å²) in [5.41, 5.74) is 8.89. The third-order valence-corrected chi connectivity index (χ3v) is 6.59. The van der Waals surface area contributed by atoms with Crippen LogP contribution in [0.3, 0.4) is 0 Å². The molecule has 5 aromatic rings. The lowest BCUT2D eigenvalue weighted by atomic mass is 10.00. The molecule has 3 N–H and O–H groups in total. The van der Waals surface area contributed by atoms with E-state index >= 15 is 0 Å². The molecule has 1 aliphatic heterocycles. The van der Waals surface area contributed by atoms with Gasteiger partial charge in [-0.05, 0) is 54.8 Å². The van der Waals surface area contributed by atoms with Gasteiger partial charge in [0.15, 0.2) is 5.65 Å². The number of fused-ring (bicyclic) bond motifs is 2. The lowest BCUT2D eigenvalue weighted by Crippen LogP contribution is -2.38. The highest BCUT2D eigenvalue weighted by Crippen LogP contribution is 2.28. The van der Waals surface area contributed by atoms with Crippen molar-refractivity contribution in [3.63, 3.8) is 0 Å². The molecule has 0 spiro atoms. The second-order valence-corrected chi connectivity index (χ2v) is 9.09. The van der Waals surface area contributed by atoms with Crippen molar-refractivity contribution in [1.82, 2.24) is 24.5 Å². The Morgan fingerprint density at radius 3 is 2.74 bits per heavy atom. The number of aryl methyl sites for hydroxylation is 1. The van der Waals surface area contributed by atoms with Gasteiger partial charge in [-0.15, -0.1) is 0 Å². The van der Waals surface area contributed by atoms with Crippen LogP contribution in [-0.2, 0) is 6.42 Å². The van der Waals surface area contributed by atoms with Crippen molar-refractivity contribution in [1.29, 1.82) is 0 Å². The van der Waals surface area contributed by atoms with E-state index in [1.165, 1.54) is 10.8 Å². The minimum Gasteiger partial charge on any atom is -0.384 e. The summed E-state index contributed by atoms with van der Waals surface area (Å²) in [4.78, 5) is 44.7. The standard InChI is InChI=1S/C27H19ClN8O2/c1-15-5-4-6-20(28)22(15)36-23(29)19-14-31-26(33-24(19)34-27(36)38)32-17-8-9-18-16(13-17)10-12-35(25(18)37)21-7-2-3-11-30-21/h2-7,11,13-14H,10,12,29H2,1H3,(H,32,33,34,38). The first-order valence-corrected chi connectivity index (χ1v) is 12.1. The van der Waals surface area contributed by atoms with Gasteiger partial charge < -0.3 is 11.1 Å². The van der Waals surface area contributed by atoms with Gasteiger partial charge in [0, 0.05) is 18.9 Å². The third-order valence-electron chi connectivity index (χ3n) is 6.29. The largest absolute Gasteiger partial charge is 0.384 e. The average Bonchev–Trinajstić information content (AvgIpc) is 2.91. The fraction of sp³-hybridized carbons (Fsp3) is 0.111. The maximum atomic E-state index is 13.0. The van der Waals surface area contributed by atoms with Gasteiger partial charge in [-0.2, -0.15) is 9.97 Å². The van der Waals surface area contributed by atoms with E-state index in [1.54, 1.807) is 35.4 Å². The molecule has 6 rings (SSSR count). The van der Waals surface area contributed by atoms with Crippen LogP contribution in [0.1, 0.15) is 21.5 Å². The van der Waals surface area contributed by atoms with Crippen molar-refractivity contribution < 1.29 is 4.79 Å². The van der Waals surface area contributed by atoms with Crippen LogP contribution in [0.25, 0.3) is 16.7 Å². The van der Waals surface area contributed by atoms with Gasteiger partial charge in [0.05, 0.1) is 27.3 Å². The normalized spacial score (nSPS) is 12.8. The fourth-order valence-electron chi connectivity index (χ4n) is 4.45. The zero-order chi connectivity index (χ0) is 26.4. The average molecular weight is 523 g/mol. The Balaban J connectivity index is 1.30. The van der Waals surface area contributed by atoms with Crippen LogP contribution in [0.15, 0.2) is 59.7 Å². The topological polar surface area (TPSA) is 132 Å². The van der Waals surface area contributed by atoms with Crippen molar-refractivity contribution in [2.75, 3.05) is 22.5 Å². The number of nitrogens with zero attached hydrogens (tertiary/aromatic N) is 6. The van der Waals surface area contributed by atoms with Crippen molar-refractivity contribution in [2.24, 2.45) is 0 Å². The lowest BCUT2D eigenvalue weighted by molar-refractivity contribution is 0.0980. The van der Waals surface area contributed by atoms with Crippen LogP contribution in [0.5, 0.6) is 0 Å². The van der Waals surface area contributed by atoms with E-state index in [2.05, 4.69) is 37.4 Å². The summed E-state index contributed by atoms with van der Waals surface area (Å²) < 4.78 is 1.26. The molecule has 186 valence electrons. The van der Waals surface area contributed by atoms with E-state index in [1.807, 2.05) is 25.1 Å². The molecule has 0 bridgehead atoms. The summed E-state index contributed by atoms with van der Waals surface area (Å²) in [6, 6.07) is 18.5. The number of carbonyl (C=O) groups excluding carboxylic acids is 1. The first kappa shape index (κ1) is 23.4. The zero-order valence-corrected chi connectivity index (χ0v) is 20.8. The maximum absolute atomic E-state index is 13.0. The summed E-state index contributed by atoms with van der Waals surface area (Å²) in [5.74, 6) is 0.739. The second-order valence-electron chi connectivity index (χ2n) is 8.68. The number of para-hydroxylation sites is 1.